The highest BCUT2D eigenvalue weighted by molar-refractivity contribution is 6.00. The zero-order valence-electron chi connectivity index (χ0n) is 10.1. The molecule has 0 saturated carbocycles. The zero-order chi connectivity index (χ0) is 14.0. The summed E-state index contributed by atoms with van der Waals surface area (Å²) < 4.78 is 4.57. The van der Waals surface area contributed by atoms with Crippen molar-refractivity contribution in [2.45, 2.75) is 6.42 Å². The summed E-state index contributed by atoms with van der Waals surface area (Å²) in [5, 5.41) is 10.9. The molecule has 1 saturated heterocycles. The van der Waals surface area contributed by atoms with E-state index in [1.54, 1.807) is 0 Å². The predicted octanol–water partition coefficient (Wildman–Crippen LogP) is 0.516. The number of esters is 1. The van der Waals surface area contributed by atoms with Crippen molar-refractivity contribution in [1.29, 1.82) is 0 Å². The Morgan fingerprint density at radius 1 is 1.63 bits per heavy atom. The molecule has 1 amide bonds. The average Bonchev–Trinajstić information content (AvgIpc) is 2.79. The van der Waals surface area contributed by atoms with Crippen molar-refractivity contribution in [2.75, 3.05) is 18.6 Å². The number of anilines is 1. The SMILES string of the molecule is COC(=O)C1CC(=O)N(c2ncccc2[N+](=O)[O-])C1. The van der Waals surface area contributed by atoms with E-state index in [0.29, 0.717) is 0 Å². The maximum atomic E-state index is 11.8. The Morgan fingerprint density at radius 3 is 3.00 bits per heavy atom. The van der Waals surface area contributed by atoms with Gasteiger partial charge in [-0.15, -0.1) is 0 Å². The molecular weight excluding hydrogens is 254 g/mol. The van der Waals surface area contributed by atoms with Crippen LogP contribution in [0.4, 0.5) is 11.5 Å². The van der Waals surface area contributed by atoms with E-state index in [1.165, 1.54) is 25.4 Å². The highest BCUT2D eigenvalue weighted by Gasteiger charge is 2.38. The van der Waals surface area contributed by atoms with Crippen LogP contribution in [0, 0.1) is 16.0 Å². The van der Waals surface area contributed by atoms with Gasteiger partial charge in [0.1, 0.15) is 0 Å². The van der Waals surface area contributed by atoms with Crippen molar-refractivity contribution in [1.82, 2.24) is 4.98 Å². The first-order valence-corrected chi connectivity index (χ1v) is 5.52. The molecule has 2 heterocycles. The van der Waals surface area contributed by atoms with Gasteiger partial charge in [-0.2, -0.15) is 0 Å². The van der Waals surface area contributed by atoms with E-state index < -0.39 is 16.8 Å². The van der Waals surface area contributed by atoms with Crippen molar-refractivity contribution in [3.63, 3.8) is 0 Å². The van der Waals surface area contributed by atoms with Crippen molar-refractivity contribution < 1.29 is 19.2 Å². The summed E-state index contributed by atoms with van der Waals surface area (Å²) in [6, 6.07) is 2.68. The van der Waals surface area contributed by atoms with Gasteiger partial charge < -0.3 is 4.74 Å². The minimum absolute atomic E-state index is 0.0274. The van der Waals surface area contributed by atoms with Crippen molar-refractivity contribution in [3.05, 3.63) is 28.4 Å². The molecule has 1 unspecified atom stereocenters. The van der Waals surface area contributed by atoms with Crippen LogP contribution in [0.1, 0.15) is 6.42 Å². The second-order valence-corrected chi connectivity index (χ2v) is 4.03. The molecule has 8 nitrogen and oxygen atoms in total. The summed E-state index contributed by atoms with van der Waals surface area (Å²) >= 11 is 0. The Kier molecular flexibility index (Phi) is 3.41. The summed E-state index contributed by atoms with van der Waals surface area (Å²) in [6.07, 6.45) is 1.33. The molecule has 2 rings (SSSR count). The molecule has 1 fully saturated rings. The third-order valence-corrected chi connectivity index (χ3v) is 2.88. The van der Waals surface area contributed by atoms with Crippen LogP contribution in [0.25, 0.3) is 0 Å². The van der Waals surface area contributed by atoms with Gasteiger partial charge in [-0.05, 0) is 6.07 Å². The Morgan fingerprint density at radius 2 is 2.37 bits per heavy atom. The van der Waals surface area contributed by atoms with Crippen LogP contribution < -0.4 is 4.90 Å². The summed E-state index contributed by atoms with van der Waals surface area (Å²) in [6.45, 7) is 0.0450. The van der Waals surface area contributed by atoms with Gasteiger partial charge in [-0.1, -0.05) is 0 Å². The monoisotopic (exact) mass is 265 g/mol. The molecule has 0 N–H and O–H groups in total. The van der Waals surface area contributed by atoms with E-state index in [0.717, 1.165) is 4.90 Å². The van der Waals surface area contributed by atoms with Crippen LogP contribution in [0.3, 0.4) is 0 Å². The fourth-order valence-corrected chi connectivity index (χ4v) is 1.98. The smallest absolute Gasteiger partial charge is 0.312 e. The second kappa shape index (κ2) is 5.01. The lowest BCUT2D eigenvalue weighted by molar-refractivity contribution is -0.384. The number of carbonyl (C=O) groups is 2. The number of hydrogen-bond donors (Lipinski definition) is 0. The van der Waals surface area contributed by atoms with Crippen LogP contribution in [0.5, 0.6) is 0 Å². The number of nitrogens with zero attached hydrogens (tertiary/aromatic N) is 3. The fourth-order valence-electron chi connectivity index (χ4n) is 1.98. The zero-order valence-corrected chi connectivity index (χ0v) is 10.1. The van der Waals surface area contributed by atoms with Gasteiger partial charge in [0.2, 0.25) is 11.7 Å². The maximum absolute atomic E-state index is 11.8. The maximum Gasteiger partial charge on any atom is 0.312 e. The molecule has 0 spiro atoms. The molecule has 1 aliphatic heterocycles. The molecule has 0 aromatic carbocycles. The van der Waals surface area contributed by atoms with Crippen LogP contribution >= 0.6 is 0 Å². The minimum Gasteiger partial charge on any atom is -0.469 e. The van der Waals surface area contributed by atoms with Gasteiger partial charge in [-0.3, -0.25) is 24.6 Å². The lowest BCUT2D eigenvalue weighted by atomic mass is 10.1. The molecule has 1 aromatic rings. The first-order chi connectivity index (χ1) is 9.04. The molecule has 8 heteroatoms. The Bertz CT molecular complexity index is 545. The van der Waals surface area contributed by atoms with Gasteiger partial charge in [0.25, 0.3) is 0 Å². The summed E-state index contributed by atoms with van der Waals surface area (Å²) in [7, 11) is 1.23. The van der Waals surface area contributed by atoms with E-state index in [1.807, 2.05) is 0 Å². The molecule has 0 radical (unpaired) electrons. The van der Waals surface area contributed by atoms with E-state index in [-0.39, 0.29) is 30.4 Å². The van der Waals surface area contributed by atoms with E-state index >= 15 is 0 Å². The van der Waals surface area contributed by atoms with Crippen molar-refractivity contribution in [3.8, 4) is 0 Å². The quantitative estimate of drug-likeness (QED) is 0.448. The van der Waals surface area contributed by atoms with E-state index in [2.05, 4.69) is 9.72 Å². The van der Waals surface area contributed by atoms with E-state index in [9.17, 15) is 19.7 Å². The lowest BCUT2D eigenvalue weighted by Crippen LogP contribution is -2.27. The number of carbonyl (C=O) groups excluding carboxylic acids is 2. The van der Waals surface area contributed by atoms with Gasteiger partial charge in [-0.25, -0.2) is 4.98 Å². The predicted molar refractivity (Wildman–Crippen MR) is 63.4 cm³/mol. The summed E-state index contributed by atoms with van der Waals surface area (Å²) in [4.78, 5) is 38.5. The van der Waals surface area contributed by atoms with Gasteiger partial charge >= 0.3 is 11.7 Å². The highest BCUT2D eigenvalue weighted by Crippen LogP contribution is 2.30. The molecule has 1 atom stereocenters. The molecule has 100 valence electrons. The van der Waals surface area contributed by atoms with E-state index in [4.69, 9.17) is 0 Å². The Balaban J connectivity index is 2.31. The molecule has 19 heavy (non-hydrogen) atoms. The Labute approximate surface area is 108 Å². The molecule has 0 aliphatic carbocycles. The number of rotatable bonds is 3. The number of methoxy groups -OCH3 is 1. The average molecular weight is 265 g/mol. The van der Waals surface area contributed by atoms with Gasteiger partial charge in [0, 0.05) is 25.2 Å². The van der Waals surface area contributed by atoms with Crippen molar-refractivity contribution >= 4 is 23.4 Å². The molecule has 1 aromatic heterocycles. The number of amides is 1. The summed E-state index contributed by atoms with van der Waals surface area (Å²) in [5.41, 5.74) is -0.263. The van der Waals surface area contributed by atoms with Crippen LogP contribution in [-0.4, -0.2) is 35.4 Å². The summed E-state index contributed by atoms with van der Waals surface area (Å²) in [5.74, 6) is -1.53. The third-order valence-electron chi connectivity index (χ3n) is 2.88. The first-order valence-electron chi connectivity index (χ1n) is 5.52. The first kappa shape index (κ1) is 12.9. The molecule has 1 aliphatic rings. The highest BCUT2D eigenvalue weighted by atomic mass is 16.6. The Hall–Kier alpha value is -2.51. The van der Waals surface area contributed by atoms with Gasteiger partial charge in [0.05, 0.1) is 18.0 Å². The number of ether oxygens (including phenoxy) is 1. The van der Waals surface area contributed by atoms with Crippen LogP contribution in [0.2, 0.25) is 0 Å². The lowest BCUT2D eigenvalue weighted by Gasteiger charge is -2.14. The second-order valence-electron chi connectivity index (χ2n) is 4.03. The van der Waals surface area contributed by atoms with Crippen LogP contribution in [-0.2, 0) is 14.3 Å². The van der Waals surface area contributed by atoms with Crippen molar-refractivity contribution in [2.24, 2.45) is 5.92 Å². The standard InChI is InChI=1S/C11H11N3O5/c1-19-11(16)7-5-9(15)13(6-7)10-8(14(17)18)3-2-4-12-10/h2-4,7H,5-6H2,1H3. The molecule has 0 bridgehead atoms. The topological polar surface area (TPSA) is 103 Å². The van der Waals surface area contributed by atoms with Crippen LogP contribution in [0.15, 0.2) is 18.3 Å². The number of pyridine rings is 1. The minimum atomic E-state index is -0.612. The number of nitro groups is 1. The van der Waals surface area contributed by atoms with Gasteiger partial charge in [0.15, 0.2) is 0 Å². The number of aromatic nitrogens is 1. The third kappa shape index (κ3) is 2.37. The fraction of sp³-hybridized carbons (Fsp3) is 0.364. The molecular formula is C11H11N3O5. The number of hydrogen-bond acceptors (Lipinski definition) is 6. The normalized spacial score (nSPS) is 18.5. The largest absolute Gasteiger partial charge is 0.469 e.